The van der Waals surface area contributed by atoms with E-state index in [0.717, 1.165) is 5.56 Å². The lowest BCUT2D eigenvalue weighted by atomic mass is 10.1. The number of rotatable bonds is 7. The predicted octanol–water partition coefficient (Wildman–Crippen LogP) is 1.14. The number of nitrogens with two attached hydrogens (primary N) is 1. The van der Waals surface area contributed by atoms with Crippen molar-refractivity contribution in [1.82, 2.24) is 0 Å². The van der Waals surface area contributed by atoms with E-state index in [1.54, 1.807) is 6.07 Å². The molecule has 1 aromatic rings. The Morgan fingerprint density at radius 2 is 2.06 bits per heavy atom. The second-order valence-electron chi connectivity index (χ2n) is 4.17. The fourth-order valence-electron chi connectivity index (χ4n) is 1.53. The standard InChI is InChI=1S/C12H18FNO3S/c1-18(15,16)6-2-5-17-12-8-10(3-4-14)7-11(13)9-12/h7-9H,2-6,14H2,1H3. The highest BCUT2D eigenvalue weighted by atomic mass is 32.2. The number of ether oxygens (including phenoxy) is 1. The van der Waals surface area contributed by atoms with Gasteiger partial charge in [0.05, 0.1) is 12.4 Å². The van der Waals surface area contributed by atoms with Crippen LogP contribution in [0.25, 0.3) is 0 Å². The molecule has 0 aliphatic carbocycles. The van der Waals surface area contributed by atoms with E-state index in [2.05, 4.69) is 0 Å². The summed E-state index contributed by atoms with van der Waals surface area (Å²) in [6, 6.07) is 4.41. The van der Waals surface area contributed by atoms with Gasteiger partial charge >= 0.3 is 0 Å². The molecule has 0 heterocycles. The van der Waals surface area contributed by atoms with Crippen LogP contribution in [-0.2, 0) is 16.3 Å². The number of sulfone groups is 1. The van der Waals surface area contributed by atoms with Gasteiger partial charge in [0.1, 0.15) is 21.4 Å². The monoisotopic (exact) mass is 275 g/mol. The maximum Gasteiger partial charge on any atom is 0.147 e. The average molecular weight is 275 g/mol. The first-order valence-corrected chi connectivity index (χ1v) is 7.77. The van der Waals surface area contributed by atoms with E-state index < -0.39 is 9.84 Å². The maximum atomic E-state index is 13.2. The van der Waals surface area contributed by atoms with E-state index >= 15 is 0 Å². The van der Waals surface area contributed by atoms with Crippen LogP contribution in [0, 0.1) is 5.82 Å². The largest absolute Gasteiger partial charge is 0.493 e. The van der Waals surface area contributed by atoms with Crippen molar-refractivity contribution in [2.75, 3.05) is 25.2 Å². The Bertz CT molecular complexity index is 488. The summed E-state index contributed by atoms with van der Waals surface area (Å²) in [7, 11) is -2.97. The third-order valence-corrected chi connectivity index (χ3v) is 3.32. The molecule has 0 fully saturated rings. The molecule has 0 saturated carbocycles. The van der Waals surface area contributed by atoms with Crippen LogP contribution in [0.1, 0.15) is 12.0 Å². The van der Waals surface area contributed by atoms with Gasteiger partial charge in [-0.15, -0.1) is 0 Å². The third-order valence-electron chi connectivity index (χ3n) is 2.29. The molecule has 0 spiro atoms. The van der Waals surface area contributed by atoms with E-state index in [1.165, 1.54) is 18.4 Å². The first kappa shape index (κ1) is 14.9. The third kappa shape index (κ3) is 5.97. The zero-order valence-electron chi connectivity index (χ0n) is 10.4. The summed E-state index contributed by atoms with van der Waals surface area (Å²) in [6.45, 7) is 0.690. The Hall–Kier alpha value is -1.14. The summed E-state index contributed by atoms with van der Waals surface area (Å²) in [5, 5.41) is 0. The van der Waals surface area contributed by atoms with Crippen molar-refractivity contribution in [2.45, 2.75) is 12.8 Å². The van der Waals surface area contributed by atoms with Crippen molar-refractivity contribution in [1.29, 1.82) is 0 Å². The van der Waals surface area contributed by atoms with Gasteiger partial charge in [0.25, 0.3) is 0 Å². The van der Waals surface area contributed by atoms with Crippen molar-refractivity contribution < 1.29 is 17.5 Å². The first-order valence-electron chi connectivity index (χ1n) is 5.71. The minimum atomic E-state index is -2.97. The molecule has 102 valence electrons. The number of hydrogen-bond donors (Lipinski definition) is 1. The Morgan fingerprint density at radius 3 is 2.67 bits per heavy atom. The minimum Gasteiger partial charge on any atom is -0.493 e. The van der Waals surface area contributed by atoms with Crippen LogP contribution in [0.4, 0.5) is 4.39 Å². The fourth-order valence-corrected chi connectivity index (χ4v) is 2.17. The van der Waals surface area contributed by atoms with E-state index in [1.807, 2.05) is 0 Å². The molecule has 0 aliphatic heterocycles. The topological polar surface area (TPSA) is 69.4 Å². The number of benzene rings is 1. The van der Waals surface area contributed by atoms with Gasteiger partial charge in [-0.1, -0.05) is 0 Å². The molecule has 0 saturated heterocycles. The Balaban J connectivity index is 2.51. The first-order chi connectivity index (χ1) is 8.40. The van der Waals surface area contributed by atoms with Crippen LogP contribution >= 0.6 is 0 Å². The lowest BCUT2D eigenvalue weighted by Crippen LogP contribution is -2.08. The summed E-state index contributed by atoms with van der Waals surface area (Å²) < 4.78 is 40.4. The molecule has 2 N–H and O–H groups in total. The van der Waals surface area contributed by atoms with Gasteiger partial charge in [-0.2, -0.15) is 0 Å². The molecular weight excluding hydrogens is 257 g/mol. The number of halogens is 1. The van der Waals surface area contributed by atoms with E-state index in [-0.39, 0.29) is 18.2 Å². The second-order valence-corrected chi connectivity index (χ2v) is 6.43. The molecule has 18 heavy (non-hydrogen) atoms. The minimum absolute atomic E-state index is 0.0674. The van der Waals surface area contributed by atoms with Crippen LogP contribution in [0.5, 0.6) is 5.75 Å². The predicted molar refractivity (Wildman–Crippen MR) is 69.0 cm³/mol. The molecule has 4 nitrogen and oxygen atoms in total. The van der Waals surface area contributed by atoms with E-state index in [4.69, 9.17) is 10.5 Å². The molecule has 1 aromatic carbocycles. The Kier molecular flexibility index (Phi) is 5.55. The highest BCUT2D eigenvalue weighted by Crippen LogP contribution is 2.17. The van der Waals surface area contributed by atoms with E-state index in [0.29, 0.717) is 25.1 Å². The highest BCUT2D eigenvalue weighted by Gasteiger charge is 2.04. The summed E-state index contributed by atoms with van der Waals surface area (Å²) in [5.74, 6) is 0.101. The molecule has 0 atom stereocenters. The molecule has 0 radical (unpaired) electrons. The summed E-state index contributed by atoms with van der Waals surface area (Å²) >= 11 is 0. The molecule has 0 aromatic heterocycles. The zero-order valence-corrected chi connectivity index (χ0v) is 11.2. The van der Waals surface area contributed by atoms with E-state index in [9.17, 15) is 12.8 Å². The van der Waals surface area contributed by atoms with Gasteiger partial charge in [0.2, 0.25) is 0 Å². The second kappa shape index (κ2) is 6.70. The van der Waals surface area contributed by atoms with Crippen LogP contribution in [0.3, 0.4) is 0 Å². The van der Waals surface area contributed by atoms with Gasteiger partial charge in [0, 0.05) is 12.3 Å². The normalized spacial score (nSPS) is 11.5. The summed E-state index contributed by atoms with van der Waals surface area (Å²) in [6.07, 6.45) is 2.15. The average Bonchev–Trinajstić information content (AvgIpc) is 2.23. The molecule has 6 heteroatoms. The quantitative estimate of drug-likeness (QED) is 0.758. The summed E-state index contributed by atoms with van der Waals surface area (Å²) in [5.41, 5.74) is 6.17. The van der Waals surface area contributed by atoms with Crippen LogP contribution in [0.15, 0.2) is 18.2 Å². The summed E-state index contributed by atoms with van der Waals surface area (Å²) in [4.78, 5) is 0. The maximum absolute atomic E-state index is 13.2. The lowest BCUT2D eigenvalue weighted by Gasteiger charge is -2.08. The molecule has 0 amide bonds. The number of hydrogen-bond acceptors (Lipinski definition) is 4. The van der Waals surface area contributed by atoms with Crippen molar-refractivity contribution in [3.05, 3.63) is 29.6 Å². The SMILES string of the molecule is CS(=O)(=O)CCCOc1cc(F)cc(CCN)c1. The zero-order chi connectivity index (χ0) is 13.6. The van der Waals surface area contributed by atoms with Gasteiger partial charge in [-0.3, -0.25) is 0 Å². The Morgan fingerprint density at radius 1 is 1.33 bits per heavy atom. The molecule has 0 bridgehead atoms. The van der Waals surface area contributed by atoms with Crippen molar-refractivity contribution >= 4 is 9.84 Å². The lowest BCUT2D eigenvalue weighted by molar-refractivity contribution is 0.315. The van der Waals surface area contributed by atoms with Crippen LogP contribution in [-0.4, -0.2) is 33.6 Å². The molecule has 0 aliphatic rings. The Labute approximate surface area is 107 Å². The van der Waals surface area contributed by atoms with Crippen molar-refractivity contribution in [3.8, 4) is 5.75 Å². The van der Waals surface area contributed by atoms with Crippen LogP contribution in [0.2, 0.25) is 0 Å². The van der Waals surface area contributed by atoms with Gasteiger partial charge in [-0.05, 0) is 37.1 Å². The molecular formula is C12H18FNO3S. The highest BCUT2D eigenvalue weighted by molar-refractivity contribution is 7.90. The smallest absolute Gasteiger partial charge is 0.147 e. The van der Waals surface area contributed by atoms with Gasteiger partial charge in [-0.25, -0.2) is 12.8 Å². The molecule has 0 unspecified atom stereocenters. The van der Waals surface area contributed by atoms with Gasteiger partial charge < -0.3 is 10.5 Å². The van der Waals surface area contributed by atoms with Crippen molar-refractivity contribution in [3.63, 3.8) is 0 Å². The van der Waals surface area contributed by atoms with Gasteiger partial charge in [0.15, 0.2) is 0 Å². The molecule has 1 rings (SSSR count). The van der Waals surface area contributed by atoms with Crippen LogP contribution < -0.4 is 10.5 Å². The van der Waals surface area contributed by atoms with Crippen molar-refractivity contribution in [2.24, 2.45) is 5.73 Å². The fraction of sp³-hybridized carbons (Fsp3) is 0.500.